The molecule has 1 amide bonds. The average molecular weight is 485 g/mol. The van der Waals surface area contributed by atoms with Crippen LogP contribution in [0.3, 0.4) is 0 Å². The van der Waals surface area contributed by atoms with Gasteiger partial charge >= 0.3 is 0 Å². The van der Waals surface area contributed by atoms with Crippen LogP contribution in [0, 0.1) is 0 Å². The van der Waals surface area contributed by atoms with Gasteiger partial charge in [0.25, 0.3) is 5.91 Å². The minimum atomic E-state index is -3.63. The molecule has 0 unspecified atom stereocenters. The van der Waals surface area contributed by atoms with Gasteiger partial charge < -0.3 is 10.2 Å². The number of benzene rings is 2. The van der Waals surface area contributed by atoms with Gasteiger partial charge in [0.2, 0.25) is 10.0 Å². The van der Waals surface area contributed by atoms with Gasteiger partial charge in [-0.3, -0.25) is 9.69 Å². The van der Waals surface area contributed by atoms with E-state index in [1.165, 1.54) is 62.4 Å². The number of carbonyl (C=O) groups excluding carboxylic acids is 1. The lowest BCUT2D eigenvalue weighted by Crippen LogP contribution is -2.33. The highest BCUT2D eigenvalue weighted by Crippen LogP contribution is 2.28. The summed E-state index contributed by atoms with van der Waals surface area (Å²) in [6, 6.07) is 13.3. The van der Waals surface area contributed by atoms with Gasteiger partial charge in [0.15, 0.2) is 0 Å². The first-order chi connectivity index (χ1) is 16.3. The Morgan fingerprint density at radius 3 is 2.15 bits per heavy atom. The Hall–Kier alpha value is -2.42. The number of amides is 1. The Morgan fingerprint density at radius 1 is 0.882 bits per heavy atom. The first kappa shape index (κ1) is 24.7. The minimum absolute atomic E-state index is 0.134. The SMILES string of the molecule is CN(C)S(=O)(=O)c1ccc(N2CCCCC2)c(C(=O)NCc2ccc(CN3CCCC3)cc2)c1. The van der Waals surface area contributed by atoms with Crippen LogP contribution in [-0.4, -0.2) is 63.8 Å². The van der Waals surface area contributed by atoms with Crippen LogP contribution >= 0.6 is 0 Å². The molecule has 2 aromatic rings. The van der Waals surface area contributed by atoms with Crippen molar-refractivity contribution in [3.05, 3.63) is 59.2 Å². The van der Waals surface area contributed by atoms with Crippen LogP contribution in [0.2, 0.25) is 0 Å². The first-order valence-corrected chi connectivity index (χ1v) is 13.7. The van der Waals surface area contributed by atoms with Gasteiger partial charge in [0.05, 0.1) is 10.5 Å². The van der Waals surface area contributed by atoms with E-state index in [-0.39, 0.29) is 10.8 Å². The second kappa shape index (κ2) is 10.9. The number of piperidine rings is 1. The number of anilines is 1. The lowest BCUT2D eigenvalue weighted by atomic mass is 10.1. The normalized spacial score (nSPS) is 17.3. The van der Waals surface area contributed by atoms with E-state index in [0.29, 0.717) is 12.1 Å². The standard InChI is InChI=1S/C26H36N4O3S/c1-28(2)34(32,33)23-12-13-25(30-16-4-3-5-17-30)24(18-23)26(31)27-19-21-8-10-22(11-9-21)20-29-14-6-7-15-29/h8-13,18H,3-7,14-17,19-20H2,1-2H3,(H,27,31). The zero-order valence-electron chi connectivity index (χ0n) is 20.3. The summed E-state index contributed by atoms with van der Waals surface area (Å²) in [5.74, 6) is -0.252. The molecule has 34 heavy (non-hydrogen) atoms. The van der Waals surface area contributed by atoms with Crippen LogP contribution < -0.4 is 10.2 Å². The Kier molecular flexibility index (Phi) is 7.91. The van der Waals surface area contributed by atoms with Gasteiger partial charge in [-0.25, -0.2) is 12.7 Å². The van der Waals surface area contributed by atoms with E-state index in [1.54, 1.807) is 12.1 Å². The topological polar surface area (TPSA) is 73.0 Å². The summed E-state index contributed by atoms with van der Waals surface area (Å²) in [5.41, 5.74) is 3.52. The molecule has 0 saturated carbocycles. The monoisotopic (exact) mass is 484 g/mol. The number of carbonyl (C=O) groups is 1. The van der Waals surface area contributed by atoms with Crippen molar-refractivity contribution in [1.82, 2.24) is 14.5 Å². The van der Waals surface area contributed by atoms with Crippen LogP contribution in [0.5, 0.6) is 0 Å². The highest BCUT2D eigenvalue weighted by Gasteiger charge is 2.24. The van der Waals surface area contributed by atoms with E-state index in [2.05, 4.69) is 39.4 Å². The van der Waals surface area contributed by atoms with Crippen molar-refractivity contribution in [2.45, 2.75) is 50.1 Å². The third-order valence-corrected chi connectivity index (χ3v) is 8.58. The van der Waals surface area contributed by atoms with Gasteiger partial charge in [0, 0.05) is 46.0 Å². The smallest absolute Gasteiger partial charge is 0.253 e. The molecule has 0 atom stereocenters. The van der Waals surface area contributed by atoms with Crippen molar-refractivity contribution in [3.8, 4) is 0 Å². The Balaban J connectivity index is 1.49. The number of nitrogens with zero attached hydrogens (tertiary/aromatic N) is 3. The third kappa shape index (κ3) is 5.79. The van der Waals surface area contributed by atoms with Gasteiger partial charge in [-0.05, 0) is 74.5 Å². The molecule has 0 bridgehead atoms. The molecule has 8 heteroatoms. The molecule has 2 heterocycles. The highest BCUT2D eigenvalue weighted by molar-refractivity contribution is 7.89. The summed E-state index contributed by atoms with van der Waals surface area (Å²) in [4.78, 5) is 18.1. The second-order valence-corrected chi connectivity index (χ2v) is 11.6. The number of hydrogen-bond acceptors (Lipinski definition) is 5. The van der Waals surface area contributed by atoms with Gasteiger partial charge in [-0.2, -0.15) is 0 Å². The molecular formula is C26H36N4O3S. The van der Waals surface area contributed by atoms with E-state index >= 15 is 0 Å². The van der Waals surface area contributed by atoms with Gasteiger partial charge in [0.1, 0.15) is 0 Å². The zero-order chi connectivity index (χ0) is 24.1. The van der Waals surface area contributed by atoms with Crippen molar-refractivity contribution in [1.29, 1.82) is 0 Å². The molecule has 2 saturated heterocycles. The molecule has 0 spiro atoms. The summed E-state index contributed by atoms with van der Waals surface area (Å²) in [6.45, 7) is 5.45. The lowest BCUT2D eigenvalue weighted by molar-refractivity contribution is 0.0951. The lowest BCUT2D eigenvalue weighted by Gasteiger charge is -2.30. The Labute approximate surface area is 203 Å². The van der Waals surface area contributed by atoms with Gasteiger partial charge in [-0.15, -0.1) is 0 Å². The molecule has 0 aromatic heterocycles. The van der Waals surface area contributed by atoms with Crippen molar-refractivity contribution in [3.63, 3.8) is 0 Å². The molecule has 1 N–H and O–H groups in total. The fourth-order valence-corrected chi connectivity index (χ4v) is 5.65. The molecule has 0 radical (unpaired) electrons. The molecule has 0 aliphatic carbocycles. The Morgan fingerprint density at radius 2 is 1.50 bits per heavy atom. The quantitative estimate of drug-likeness (QED) is 0.621. The van der Waals surface area contributed by atoms with Crippen molar-refractivity contribution in [2.24, 2.45) is 0 Å². The van der Waals surface area contributed by atoms with Crippen molar-refractivity contribution in [2.75, 3.05) is 45.2 Å². The first-order valence-electron chi connectivity index (χ1n) is 12.2. The molecule has 2 aliphatic heterocycles. The van der Waals surface area contributed by atoms with Crippen LogP contribution in [0.25, 0.3) is 0 Å². The summed E-state index contributed by atoms with van der Waals surface area (Å²) >= 11 is 0. The number of likely N-dealkylation sites (tertiary alicyclic amines) is 1. The van der Waals surface area contributed by atoms with E-state index < -0.39 is 10.0 Å². The summed E-state index contributed by atoms with van der Waals surface area (Å²) in [5, 5.41) is 3.01. The van der Waals surface area contributed by atoms with E-state index in [9.17, 15) is 13.2 Å². The molecule has 2 aromatic carbocycles. The number of sulfonamides is 1. The predicted octanol–water partition coefficient (Wildman–Crippen LogP) is 3.45. The molecule has 184 valence electrons. The fraction of sp³-hybridized carbons (Fsp3) is 0.500. The molecule has 2 fully saturated rings. The average Bonchev–Trinajstić information content (AvgIpc) is 3.36. The van der Waals surface area contributed by atoms with Crippen LogP contribution in [0.15, 0.2) is 47.4 Å². The largest absolute Gasteiger partial charge is 0.371 e. The maximum absolute atomic E-state index is 13.3. The van der Waals surface area contributed by atoms with Crippen LogP contribution in [0.1, 0.15) is 53.6 Å². The fourth-order valence-electron chi connectivity index (χ4n) is 4.72. The minimum Gasteiger partial charge on any atom is -0.371 e. The number of rotatable bonds is 8. The molecule has 2 aliphatic rings. The molecule has 4 rings (SSSR count). The number of hydrogen-bond donors (Lipinski definition) is 1. The number of nitrogens with one attached hydrogen (secondary N) is 1. The van der Waals surface area contributed by atoms with E-state index in [0.717, 1.165) is 43.7 Å². The predicted molar refractivity (Wildman–Crippen MR) is 136 cm³/mol. The second-order valence-electron chi connectivity index (χ2n) is 9.50. The molecule has 7 nitrogen and oxygen atoms in total. The van der Waals surface area contributed by atoms with Crippen molar-refractivity contribution >= 4 is 21.6 Å². The highest BCUT2D eigenvalue weighted by atomic mass is 32.2. The summed E-state index contributed by atoms with van der Waals surface area (Å²) < 4.78 is 26.6. The van der Waals surface area contributed by atoms with Crippen LogP contribution in [-0.2, 0) is 23.1 Å². The maximum Gasteiger partial charge on any atom is 0.253 e. The van der Waals surface area contributed by atoms with E-state index in [1.807, 2.05) is 0 Å². The van der Waals surface area contributed by atoms with Crippen LogP contribution in [0.4, 0.5) is 5.69 Å². The van der Waals surface area contributed by atoms with E-state index in [4.69, 9.17) is 0 Å². The summed E-state index contributed by atoms with van der Waals surface area (Å²) in [6.07, 6.45) is 5.88. The molecular weight excluding hydrogens is 448 g/mol. The maximum atomic E-state index is 13.3. The zero-order valence-corrected chi connectivity index (χ0v) is 21.1. The van der Waals surface area contributed by atoms with Crippen molar-refractivity contribution < 1.29 is 13.2 Å². The Bertz CT molecular complexity index is 1090. The van der Waals surface area contributed by atoms with Gasteiger partial charge in [-0.1, -0.05) is 24.3 Å². The summed E-state index contributed by atoms with van der Waals surface area (Å²) in [7, 11) is -0.630. The third-order valence-electron chi connectivity index (χ3n) is 6.77.